The molecule has 1 saturated heterocycles. The minimum Gasteiger partial charge on any atom is -0.361 e. The highest BCUT2D eigenvalue weighted by Crippen LogP contribution is 2.22. The summed E-state index contributed by atoms with van der Waals surface area (Å²) in [6.45, 7) is 14.5. The summed E-state index contributed by atoms with van der Waals surface area (Å²) in [4.78, 5) is 17.4. The lowest BCUT2D eigenvalue weighted by atomic mass is 10.0. The van der Waals surface area contributed by atoms with E-state index in [0.29, 0.717) is 0 Å². The lowest BCUT2D eigenvalue weighted by Gasteiger charge is -2.37. The van der Waals surface area contributed by atoms with E-state index in [1.807, 2.05) is 33.8 Å². The van der Waals surface area contributed by atoms with Crippen molar-refractivity contribution in [3.63, 3.8) is 0 Å². The van der Waals surface area contributed by atoms with Crippen LogP contribution in [0.15, 0.2) is 22.7 Å². The maximum absolute atomic E-state index is 12.8. The molecule has 0 saturated carbocycles. The monoisotopic (exact) mass is 370 g/mol. The first-order valence-corrected chi connectivity index (χ1v) is 9.61. The lowest BCUT2D eigenvalue weighted by molar-refractivity contribution is -0.121. The van der Waals surface area contributed by atoms with Crippen molar-refractivity contribution in [1.29, 1.82) is 0 Å². The first-order chi connectivity index (χ1) is 12.8. The van der Waals surface area contributed by atoms with E-state index in [2.05, 4.69) is 39.3 Å². The van der Waals surface area contributed by atoms with Crippen LogP contribution in [-0.2, 0) is 11.3 Å². The number of nitrogens with zero attached hydrogens (tertiary/aromatic N) is 3. The van der Waals surface area contributed by atoms with Crippen LogP contribution < -0.4 is 5.32 Å². The zero-order chi connectivity index (χ0) is 19.6. The van der Waals surface area contributed by atoms with Gasteiger partial charge in [-0.3, -0.25) is 14.6 Å². The summed E-state index contributed by atoms with van der Waals surface area (Å²) in [6, 6.07) is 6.05. The topological polar surface area (TPSA) is 61.6 Å². The van der Waals surface area contributed by atoms with Crippen LogP contribution in [0.25, 0.3) is 0 Å². The molecule has 1 amide bonds. The van der Waals surface area contributed by atoms with Crippen molar-refractivity contribution in [3.05, 3.63) is 46.3 Å². The van der Waals surface area contributed by atoms with Crippen LogP contribution in [-0.4, -0.2) is 53.1 Å². The molecule has 1 fully saturated rings. The van der Waals surface area contributed by atoms with Crippen molar-refractivity contribution in [2.24, 2.45) is 0 Å². The van der Waals surface area contributed by atoms with E-state index in [9.17, 15) is 4.79 Å². The van der Waals surface area contributed by atoms with Gasteiger partial charge in [0.05, 0.1) is 11.7 Å². The SMILES string of the molecule is Cc1cc(C)c(NC(=O)[C@@H](C)N2CCN(Cc3cc(C)on3)CC2)c(C)c1. The summed E-state index contributed by atoms with van der Waals surface area (Å²) < 4.78 is 5.14. The second-order valence-corrected chi connectivity index (χ2v) is 7.68. The number of carbonyl (C=O) groups is 1. The Morgan fingerprint density at radius 2 is 1.74 bits per heavy atom. The molecule has 1 atom stereocenters. The zero-order valence-electron chi connectivity index (χ0n) is 17.0. The maximum atomic E-state index is 12.8. The molecule has 0 unspecified atom stereocenters. The van der Waals surface area contributed by atoms with Gasteiger partial charge >= 0.3 is 0 Å². The molecule has 6 nitrogen and oxygen atoms in total. The van der Waals surface area contributed by atoms with Crippen LogP contribution in [0, 0.1) is 27.7 Å². The molecule has 0 bridgehead atoms. The molecule has 0 aliphatic carbocycles. The molecule has 1 N–H and O–H groups in total. The van der Waals surface area contributed by atoms with E-state index >= 15 is 0 Å². The van der Waals surface area contributed by atoms with E-state index in [0.717, 1.165) is 61.0 Å². The van der Waals surface area contributed by atoms with Crippen molar-refractivity contribution in [2.75, 3.05) is 31.5 Å². The third kappa shape index (κ3) is 4.76. The van der Waals surface area contributed by atoms with E-state index in [1.54, 1.807) is 0 Å². The Morgan fingerprint density at radius 1 is 1.11 bits per heavy atom. The normalized spacial score (nSPS) is 17.1. The first-order valence-electron chi connectivity index (χ1n) is 9.61. The number of hydrogen-bond donors (Lipinski definition) is 1. The number of hydrogen-bond acceptors (Lipinski definition) is 5. The molecule has 1 aromatic heterocycles. The predicted octanol–water partition coefficient (Wildman–Crippen LogP) is 3.05. The molecule has 3 rings (SSSR count). The number of amides is 1. The van der Waals surface area contributed by atoms with Crippen LogP contribution in [0.5, 0.6) is 0 Å². The Balaban J connectivity index is 1.54. The van der Waals surface area contributed by atoms with Gasteiger partial charge < -0.3 is 9.84 Å². The molecule has 0 radical (unpaired) electrons. The molecule has 1 aliphatic heterocycles. The van der Waals surface area contributed by atoms with Crippen molar-refractivity contribution in [1.82, 2.24) is 15.0 Å². The third-order valence-corrected chi connectivity index (χ3v) is 5.32. The van der Waals surface area contributed by atoms with E-state index in [-0.39, 0.29) is 11.9 Å². The van der Waals surface area contributed by atoms with Crippen LogP contribution in [0.3, 0.4) is 0 Å². The van der Waals surface area contributed by atoms with Gasteiger partial charge in [-0.25, -0.2) is 0 Å². The van der Waals surface area contributed by atoms with Crippen LogP contribution in [0.2, 0.25) is 0 Å². The molecule has 1 aromatic carbocycles. The quantitative estimate of drug-likeness (QED) is 0.876. The second-order valence-electron chi connectivity index (χ2n) is 7.68. The van der Waals surface area contributed by atoms with E-state index < -0.39 is 0 Å². The Morgan fingerprint density at radius 3 is 2.30 bits per heavy atom. The Kier molecular flexibility index (Phi) is 5.97. The Hall–Kier alpha value is -2.18. The summed E-state index contributed by atoms with van der Waals surface area (Å²) in [5.41, 5.74) is 5.35. The average Bonchev–Trinajstić information content (AvgIpc) is 3.02. The fourth-order valence-corrected chi connectivity index (χ4v) is 3.80. The summed E-state index contributed by atoms with van der Waals surface area (Å²) in [7, 11) is 0. The van der Waals surface area contributed by atoms with Gasteiger partial charge in [0.2, 0.25) is 5.91 Å². The third-order valence-electron chi connectivity index (χ3n) is 5.32. The summed E-state index contributed by atoms with van der Waals surface area (Å²) in [5.74, 6) is 0.904. The standard InChI is InChI=1S/C21H30N4O2/c1-14-10-15(2)20(16(3)11-14)22-21(26)18(5)25-8-6-24(7-9-25)13-19-12-17(4)27-23-19/h10-12,18H,6-9,13H2,1-5H3,(H,22,26)/t18-/m1/s1. The number of rotatable bonds is 5. The minimum atomic E-state index is -0.151. The van der Waals surface area contributed by atoms with Crippen molar-refractivity contribution >= 4 is 11.6 Å². The van der Waals surface area contributed by atoms with Crippen molar-refractivity contribution < 1.29 is 9.32 Å². The number of anilines is 1. The number of aryl methyl sites for hydroxylation is 4. The number of benzene rings is 1. The minimum absolute atomic E-state index is 0.0608. The highest BCUT2D eigenvalue weighted by molar-refractivity contribution is 5.96. The smallest absolute Gasteiger partial charge is 0.241 e. The number of carbonyl (C=O) groups excluding carboxylic acids is 1. The largest absolute Gasteiger partial charge is 0.361 e. The number of nitrogens with one attached hydrogen (secondary N) is 1. The Bertz CT molecular complexity index is 783. The molecule has 2 heterocycles. The lowest BCUT2D eigenvalue weighted by Crippen LogP contribution is -2.52. The van der Waals surface area contributed by atoms with E-state index in [1.165, 1.54) is 5.56 Å². The van der Waals surface area contributed by atoms with Gasteiger partial charge in [0.1, 0.15) is 5.76 Å². The molecule has 6 heteroatoms. The van der Waals surface area contributed by atoms with Crippen LogP contribution in [0.1, 0.15) is 35.1 Å². The molecule has 2 aromatic rings. The predicted molar refractivity (Wildman–Crippen MR) is 107 cm³/mol. The molecule has 27 heavy (non-hydrogen) atoms. The second kappa shape index (κ2) is 8.23. The molecule has 0 spiro atoms. The van der Waals surface area contributed by atoms with Gasteiger partial charge in [-0.15, -0.1) is 0 Å². The van der Waals surface area contributed by atoms with Gasteiger partial charge in [0.25, 0.3) is 0 Å². The van der Waals surface area contributed by atoms with E-state index in [4.69, 9.17) is 4.52 Å². The first kappa shape index (κ1) is 19.6. The van der Waals surface area contributed by atoms with Gasteiger partial charge in [-0.2, -0.15) is 0 Å². The summed E-state index contributed by atoms with van der Waals surface area (Å²) in [5, 5.41) is 7.21. The molecular formula is C21H30N4O2. The summed E-state index contributed by atoms with van der Waals surface area (Å²) in [6.07, 6.45) is 0. The van der Waals surface area contributed by atoms with Gasteiger partial charge in [-0.05, 0) is 45.7 Å². The fourth-order valence-electron chi connectivity index (χ4n) is 3.80. The number of aromatic nitrogens is 1. The van der Waals surface area contributed by atoms with Crippen molar-refractivity contribution in [3.8, 4) is 0 Å². The highest BCUT2D eigenvalue weighted by atomic mass is 16.5. The van der Waals surface area contributed by atoms with Crippen LogP contribution >= 0.6 is 0 Å². The highest BCUT2D eigenvalue weighted by Gasteiger charge is 2.26. The Labute approximate surface area is 161 Å². The zero-order valence-corrected chi connectivity index (χ0v) is 17.0. The maximum Gasteiger partial charge on any atom is 0.241 e. The molecule has 1 aliphatic rings. The summed E-state index contributed by atoms with van der Waals surface area (Å²) >= 11 is 0. The van der Waals surface area contributed by atoms with Gasteiger partial charge in [0, 0.05) is 44.5 Å². The molecule has 146 valence electrons. The van der Waals surface area contributed by atoms with Crippen LogP contribution in [0.4, 0.5) is 5.69 Å². The van der Waals surface area contributed by atoms with Crippen molar-refractivity contribution in [2.45, 2.75) is 47.2 Å². The van der Waals surface area contributed by atoms with Gasteiger partial charge in [0.15, 0.2) is 0 Å². The number of piperazine rings is 1. The average molecular weight is 370 g/mol. The molecular weight excluding hydrogens is 340 g/mol. The fraction of sp³-hybridized carbons (Fsp3) is 0.524. The van der Waals surface area contributed by atoms with Gasteiger partial charge in [-0.1, -0.05) is 22.9 Å².